The minimum atomic E-state index is -0.482. The maximum Gasteiger partial charge on any atom is 0.307 e. The van der Waals surface area contributed by atoms with Crippen LogP contribution < -0.4 is 10.2 Å². The molecule has 0 radical (unpaired) electrons. The smallest absolute Gasteiger partial charge is 0.307 e. The van der Waals surface area contributed by atoms with Crippen molar-refractivity contribution in [2.75, 3.05) is 7.11 Å². The third-order valence-electron chi connectivity index (χ3n) is 2.41. The molecule has 5 nitrogen and oxygen atoms in total. The van der Waals surface area contributed by atoms with Crippen LogP contribution in [0.3, 0.4) is 0 Å². The van der Waals surface area contributed by atoms with Crippen LogP contribution in [0.4, 0.5) is 0 Å². The summed E-state index contributed by atoms with van der Waals surface area (Å²) < 4.78 is 10.7. The fourth-order valence-electron chi connectivity index (χ4n) is 1.54. The van der Waals surface area contributed by atoms with E-state index in [9.17, 15) is 4.79 Å². The number of rotatable bonds is 4. The van der Waals surface area contributed by atoms with Crippen molar-refractivity contribution in [1.82, 2.24) is 5.43 Å². The second-order valence-electron chi connectivity index (χ2n) is 3.81. The Morgan fingerprint density at radius 2 is 2.19 bits per heavy atom. The predicted octanol–water partition coefficient (Wildman–Crippen LogP) is 4.12. The van der Waals surface area contributed by atoms with Crippen LogP contribution in [0.2, 0.25) is 10.0 Å². The molecule has 0 fully saturated rings. The zero-order chi connectivity index (χ0) is 15.4. The van der Waals surface area contributed by atoms with Crippen molar-refractivity contribution < 1.29 is 13.9 Å². The van der Waals surface area contributed by atoms with E-state index in [1.54, 1.807) is 18.2 Å². The maximum absolute atomic E-state index is 11.7. The van der Waals surface area contributed by atoms with Gasteiger partial charge in [-0.25, -0.2) is 5.43 Å². The van der Waals surface area contributed by atoms with E-state index in [0.717, 1.165) is 0 Å². The highest BCUT2D eigenvalue weighted by Crippen LogP contribution is 2.31. The molecule has 0 aliphatic heterocycles. The molecule has 2 aromatic rings. The third kappa shape index (κ3) is 4.00. The van der Waals surface area contributed by atoms with Crippen LogP contribution in [-0.4, -0.2) is 19.2 Å². The number of furan rings is 1. The molecule has 8 heteroatoms. The first kappa shape index (κ1) is 15.9. The average Bonchev–Trinajstić information content (AvgIpc) is 2.85. The van der Waals surface area contributed by atoms with Gasteiger partial charge in [0.25, 0.3) is 0 Å². The fourth-order valence-corrected chi connectivity index (χ4v) is 2.44. The van der Waals surface area contributed by atoms with Crippen molar-refractivity contribution >= 4 is 51.3 Å². The molecular weight excluding hydrogens is 383 g/mol. The lowest BCUT2D eigenvalue weighted by molar-refractivity contribution is 0.0926. The summed E-state index contributed by atoms with van der Waals surface area (Å²) >= 11 is 15.0. The Balaban J connectivity index is 2.13. The Labute approximate surface area is 139 Å². The Morgan fingerprint density at radius 3 is 2.81 bits per heavy atom. The van der Waals surface area contributed by atoms with Gasteiger partial charge >= 0.3 is 5.91 Å². The molecule has 1 heterocycles. The van der Waals surface area contributed by atoms with Crippen LogP contribution in [0, 0.1) is 0 Å². The highest BCUT2D eigenvalue weighted by atomic mass is 79.9. The van der Waals surface area contributed by atoms with Crippen molar-refractivity contribution in [2.24, 2.45) is 5.10 Å². The second-order valence-corrected chi connectivity index (χ2v) is 5.44. The number of hydrogen-bond acceptors (Lipinski definition) is 4. The van der Waals surface area contributed by atoms with Crippen molar-refractivity contribution in [1.29, 1.82) is 0 Å². The lowest BCUT2D eigenvalue weighted by atomic mass is 10.2. The van der Waals surface area contributed by atoms with Gasteiger partial charge in [-0.3, -0.25) is 4.79 Å². The van der Waals surface area contributed by atoms with Gasteiger partial charge in [0.15, 0.2) is 10.4 Å². The molecule has 0 saturated heterocycles. The van der Waals surface area contributed by atoms with Gasteiger partial charge in [0, 0.05) is 10.6 Å². The van der Waals surface area contributed by atoms with Gasteiger partial charge in [0.2, 0.25) is 0 Å². The van der Waals surface area contributed by atoms with Crippen LogP contribution in [0.25, 0.3) is 0 Å². The first-order chi connectivity index (χ1) is 10.0. The minimum Gasteiger partial charge on any atom is -0.495 e. The summed E-state index contributed by atoms with van der Waals surface area (Å²) in [6.45, 7) is 0. The summed E-state index contributed by atoms with van der Waals surface area (Å²) in [5.41, 5.74) is 2.86. The van der Waals surface area contributed by atoms with E-state index in [1.165, 1.54) is 19.4 Å². The van der Waals surface area contributed by atoms with Gasteiger partial charge in [0.1, 0.15) is 5.75 Å². The summed E-state index contributed by atoms with van der Waals surface area (Å²) in [7, 11) is 1.48. The number of benzene rings is 1. The molecule has 0 aliphatic carbocycles. The molecule has 2 rings (SSSR count). The topological polar surface area (TPSA) is 63.8 Å². The van der Waals surface area contributed by atoms with E-state index >= 15 is 0 Å². The van der Waals surface area contributed by atoms with Crippen molar-refractivity contribution in [3.05, 3.63) is 50.3 Å². The molecule has 0 unspecified atom stereocenters. The SMILES string of the molecule is COc1c(Cl)cc(Cl)cc1C=NNC(=O)c1ccc(Br)o1. The quantitative estimate of drug-likeness (QED) is 0.629. The molecular formula is C13H9BrCl2N2O3. The van der Waals surface area contributed by atoms with Gasteiger partial charge in [-0.2, -0.15) is 5.10 Å². The first-order valence-corrected chi connectivity index (χ1v) is 7.18. The van der Waals surface area contributed by atoms with Gasteiger partial charge in [-0.1, -0.05) is 23.2 Å². The summed E-state index contributed by atoms with van der Waals surface area (Å²) in [5, 5.41) is 4.61. The molecule has 0 spiro atoms. The highest BCUT2D eigenvalue weighted by molar-refractivity contribution is 9.10. The number of methoxy groups -OCH3 is 1. The number of hydrogen-bond donors (Lipinski definition) is 1. The molecule has 21 heavy (non-hydrogen) atoms. The number of ether oxygens (including phenoxy) is 1. The fraction of sp³-hybridized carbons (Fsp3) is 0.0769. The van der Waals surface area contributed by atoms with Gasteiger partial charge in [-0.15, -0.1) is 0 Å². The number of nitrogens with one attached hydrogen (secondary N) is 1. The average molecular weight is 392 g/mol. The molecule has 0 saturated carbocycles. The molecule has 1 N–H and O–H groups in total. The molecule has 1 amide bonds. The number of hydrazone groups is 1. The van der Waals surface area contributed by atoms with Gasteiger partial charge < -0.3 is 9.15 Å². The molecule has 0 atom stereocenters. The zero-order valence-electron chi connectivity index (χ0n) is 10.7. The monoisotopic (exact) mass is 390 g/mol. The Morgan fingerprint density at radius 1 is 1.43 bits per heavy atom. The Hall–Kier alpha value is -1.50. The zero-order valence-corrected chi connectivity index (χ0v) is 13.8. The molecule has 0 bridgehead atoms. The standard InChI is InChI=1S/C13H9BrCl2N2O3/c1-20-12-7(4-8(15)5-9(12)16)6-17-18-13(19)10-2-3-11(14)21-10/h2-6H,1H3,(H,18,19). The van der Waals surface area contributed by atoms with E-state index in [-0.39, 0.29) is 5.76 Å². The number of amides is 1. The lowest BCUT2D eigenvalue weighted by Gasteiger charge is -2.07. The normalized spacial score (nSPS) is 10.9. The first-order valence-electron chi connectivity index (χ1n) is 5.63. The van der Waals surface area contributed by atoms with Crippen molar-refractivity contribution in [3.8, 4) is 5.75 Å². The number of carbonyl (C=O) groups excluding carboxylic acids is 1. The minimum absolute atomic E-state index is 0.134. The van der Waals surface area contributed by atoms with Crippen molar-refractivity contribution in [2.45, 2.75) is 0 Å². The number of halogens is 3. The summed E-state index contributed by atoms with van der Waals surface area (Å²) in [6, 6.07) is 6.30. The van der Waals surface area contributed by atoms with Crippen LogP contribution in [-0.2, 0) is 0 Å². The highest BCUT2D eigenvalue weighted by Gasteiger charge is 2.10. The molecule has 110 valence electrons. The van der Waals surface area contributed by atoms with E-state index in [2.05, 4.69) is 26.5 Å². The van der Waals surface area contributed by atoms with E-state index in [1.807, 2.05) is 0 Å². The van der Waals surface area contributed by atoms with Crippen LogP contribution in [0.1, 0.15) is 16.1 Å². The van der Waals surface area contributed by atoms with Crippen LogP contribution >= 0.6 is 39.1 Å². The molecule has 0 aliphatic rings. The summed E-state index contributed by atoms with van der Waals surface area (Å²) in [5.74, 6) is 0.0685. The largest absolute Gasteiger partial charge is 0.495 e. The maximum atomic E-state index is 11.7. The second kappa shape index (κ2) is 6.98. The molecule has 1 aromatic carbocycles. The number of carbonyl (C=O) groups is 1. The van der Waals surface area contributed by atoms with Gasteiger partial charge in [-0.05, 0) is 40.2 Å². The van der Waals surface area contributed by atoms with E-state index in [0.29, 0.717) is 26.0 Å². The van der Waals surface area contributed by atoms with Gasteiger partial charge in [0.05, 0.1) is 18.3 Å². The Kier molecular flexibility index (Phi) is 5.27. The number of nitrogens with zero attached hydrogens (tertiary/aromatic N) is 1. The van der Waals surface area contributed by atoms with E-state index < -0.39 is 5.91 Å². The summed E-state index contributed by atoms with van der Waals surface area (Å²) in [6.07, 6.45) is 1.38. The van der Waals surface area contributed by atoms with E-state index in [4.69, 9.17) is 32.4 Å². The Bertz CT molecular complexity index is 701. The third-order valence-corrected chi connectivity index (χ3v) is 3.33. The molecule has 1 aromatic heterocycles. The van der Waals surface area contributed by atoms with Crippen LogP contribution in [0.15, 0.2) is 38.5 Å². The van der Waals surface area contributed by atoms with Crippen molar-refractivity contribution in [3.63, 3.8) is 0 Å². The lowest BCUT2D eigenvalue weighted by Crippen LogP contribution is -2.16. The van der Waals surface area contributed by atoms with Crippen LogP contribution in [0.5, 0.6) is 5.75 Å². The summed E-state index contributed by atoms with van der Waals surface area (Å²) in [4.78, 5) is 11.7. The predicted molar refractivity (Wildman–Crippen MR) is 84.5 cm³/mol.